The summed E-state index contributed by atoms with van der Waals surface area (Å²) in [5.74, 6) is 0.913. The standard InChI is InChI=1S/C36H44N10O5/c1-35(2,3)28-19-29(39-31(38-28)33(48)37-15-16-44(4)5)40-34(49)41-36(22-47)14-13-27(24-9-7-8-10-25(24)36)51-23-11-12-30-42-43-32(46(30)20-23)26-21-50-18-17-45(26)6/h7-14,19-20,22,26-27H,15-18,21H2,1-6H3,(H,37,48)(H2,38,39,40,41,49)/t26-,27+,36+/m0/s1. The summed E-state index contributed by atoms with van der Waals surface area (Å²) in [6, 6.07) is 11.8. The zero-order chi connectivity index (χ0) is 36.3. The first-order valence-electron chi connectivity index (χ1n) is 16.8. The zero-order valence-corrected chi connectivity index (χ0v) is 29.7. The fourth-order valence-corrected chi connectivity index (χ4v) is 5.99. The molecule has 0 unspecified atom stereocenters. The minimum Gasteiger partial charge on any atom is -0.480 e. The minimum atomic E-state index is -1.51. The second-order valence-corrected chi connectivity index (χ2v) is 14.0. The molecule has 1 fully saturated rings. The molecular formula is C36H44N10O5. The Morgan fingerprint density at radius 3 is 2.69 bits per heavy atom. The first kappa shape index (κ1) is 35.6. The third-order valence-corrected chi connectivity index (χ3v) is 8.90. The van der Waals surface area contributed by atoms with Gasteiger partial charge in [0.25, 0.3) is 5.91 Å². The molecule has 0 saturated carbocycles. The average Bonchev–Trinajstić information content (AvgIpc) is 3.52. The van der Waals surface area contributed by atoms with E-state index in [9.17, 15) is 14.4 Å². The van der Waals surface area contributed by atoms with Crippen LogP contribution < -0.4 is 20.7 Å². The van der Waals surface area contributed by atoms with E-state index in [-0.39, 0.29) is 17.7 Å². The van der Waals surface area contributed by atoms with Crippen LogP contribution in [0.4, 0.5) is 10.6 Å². The van der Waals surface area contributed by atoms with Crippen LogP contribution in [0.2, 0.25) is 0 Å². The molecule has 15 nitrogen and oxygen atoms in total. The summed E-state index contributed by atoms with van der Waals surface area (Å²) >= 11 is 0. The van der Waals surface area contributed by atoms with Crippen molar-refractivity contribution >= 4 is 29.7 Å². The zero-order valence-electron chi connectivity index (χ0n) is 29.7. The summed E-state index contributed by atoms with van der Waals surface area (Å²) in [6.45, 7) is 8.85. The molecule has 0 bridgehead atoms. The van der Waals surface area contributed by atoms with Gasteiger partial charge in [-0.2, -0.15) is 0 Å². The average molecular weight is 697 g/mol. The number of aromatic nitrogens is 5. The molecule has 4 aromatic rings. The molecular weight excluding hydrogens is 652 g/mol. The molecule has 15 heteroatoms. The van der Waals surface area contributed by atoms with E-state index in [4.69, 9.17) is 9.47 Å². The topological polar surface area (TPSA) is 168 Å². The van der Waals surface area contributed by atoms with Crippen LogP contribution in [0.25, 0.3) is 5.65 Å². The quantitative estimate of drug-likeness (QED) is 0.165. The molecule has 0 radical (unpaired) electrons. The van der Waals surface area contributed by atoms with Crippen molar-refractivity contribution in [3.63, 3.8) is 0 Å². The lowest BCUT2D eigenvalue weighted by molar-refractivity contribution is -0.111. The summed E-state index contributed by atoms with van der Waals surface area (Å²) in [4.78, 5) is 52.3. The van der Waals surface area contributed by atoms with Crippen LogP contribution in [0.1, 0.15) is 66.2 Å². The Kier molecular flexibility index (Phi) is 10.1. The van der Waals surface area contributed by atoms with E-state index in [1.165, 1.54) is 0 Å². The van der Waals surface area contributed by atoms with Crippen LogP contribution in [0.3, 0.4) is 0 Å². The summed E-state index contributed by atoms with van der Waals surface area (Å²) < 4.78 is 14.1. The van der Waals surface area contributed by atoms with E-state index >= 15 is 0 Å². The predicted molar refractivity (Wildman–Crippen MR) is 190 cm³/mol. The van der Waals surface area contributed by atoms with Crippen molar-refractivity contribution in [1.29, 1.82) is 0 Å². The predicted octanol–water partition coefficient (Wildman–Crippen LogP) is 3.02. The molecule has 51 heavy (non-hydrogen) atoms. The van der Waals surface area contributed by atoms with Gasteiger partial charge in [0.2, 0.25) is 5.82 Å². The SMILES string of the molecule is CN(C)CCNC(=O)c1nc(NC(=O)N[C@@]2(C=O)C=C[C@@H](Oc3ccc4nnc([C@@H]5COCCN5C)n4c3)c3ccccc32)cc(C(C)(C)C)n1. The molecule has 1 aliphatic heterocycles. The van der Waals surface area contributed by atoms with Gasteiger partial charge in [-0.25, -0.2) is 14.8 Å². The Labute approximate surface area is 296 Å². The maximum atomic E-state index is 13.6. The number of amides is 3. The molecule has 1 aromatic carbocycles. The molecule has 3 aromatic heterocycles. The number of morpholine rings is 1. The molecule has 268 valence electrons. The number of hydrogen-bond donors (Lipinski definition) is 3. The molecule has 2 aliphatic rings. The number of carbonyl (C=O) groups is 3. The van der Waals surface area contributed by atoms with Crippen molar-refractivity contribution in [3.05, 3.63) is 89.3 Å². The molecule has 1 saturated heterocycles. The third kappa shape index (κ3) is 7.75. The number of aldehydes is 1. The fourth-order valence-electron chi connectivity index (χ4n) is 5.99. The summed E-state index contributed by atoms with van der Waals surface area (Å²) in [7, 11) is 5.85. The Morgan fingerprint density at radius 1 is 1.14 bits per heavy atom. The number of hydrogen-bond acceptors (Lipinski definition) is 11. The fraction of sp³-hybridized carbons (Fsp3) is 0.417. The maximum absolute atomic E-state index is 13.6. The van der Waals surface area contributed by atoms with Gasteiger partial charge >= 0.3 is 6.03 Å². The van der Waals surface area contributed by atoms with Crippen LogP contribution in [-0.4, -0.2) is 107 Å². The number of rotatable bonds is 10. The highest BCUT2D eigenvalue weighted by molar-refractivity contribution is 5.94. The summed E-state index contributed by atoms with van der Waals surface area (Å²) in [5.41, 5.74) is 0.541. The number of nitrogens with one attached hydrogen (secondary N) is 3. The van der Waals surface area contributed by atoms with Gasteiger partial charge in [-0.05, 0) is 51.0 Å². The van der Waals surface area contributed by atoms with Crippen molar-refractivity contribution in [3.8, 4) is 5.75 Å². The smallest absolute Gasteiger partial charge is 0.321 e. The lowest BCUT2D eigenvalue weighted by Crippen LogP contribution is -2.49. The number of nitrogens with zero attached hydrogens (tertiary/aromatic N) is 7. The van der Waals surface area contributed by atoms with E-state index in [1.54, 1.807) is 30.4 Å². The van der Waals surface area contributed by atoms with Gasteiger partial charge in [0.05, 0.1) is 31.1 Å². The van der Waals surface area contributed by atoms with E-state index < -0.39 is 29.0 Å². The van der Waals surface area contributed by atoms with Gasteiger partial charge in [0.1, 0.15) is 23.2 Å². The second-order valence-electron chi connectivity index (χ2n) is 14.0. The highest BCUT2D eigenvalue weighted by Crippen LogP contribution is 2.37. The van der Waals surface area contributed by atoms with Gasteiger partial charge in [0.15, 0.2) is 17.8 Å². The van der Waals surface area contributed by atoms with Gasteiger partial charge in [-0.3, -0.25) is 24.2 Å². The molecule has 3 atom stereocenters. The molecule has 6 rings (SSSR count). The first-order chi connectivity index (χ1) is 24.4. The van der Waals surface area contributed by atoms with Crippen molar-refractivity contribution in [2.75, 3.05) is 59.3 Å². The van der Waals surface area contributed by atoms with Crippen molar-refractivity contribution in [2.45, 2.75) is 43.9 Å². The molecule has 3 amide bonds. The monoisotopic (exact) mass is 696 g/mol. The number of pyridine rings is 1. The third-order valence-electron chi connectivity index (χ3n) is 8.90. The number of fused-ring (bicyclic) bond motifs is 2. The Hall–Kier alpha value is -5.25. The van der Waals surface area contributed by atoms with E-state index in [0.717, 1.165) is 12.4 Å². The van der Waals surface area contributed by atoms with Crippen molar-refractivity contribution < 1.29 is 23.9 Å². The van der Waals surface area contributed by atoms with E-state index in [0.29, 0.717) is 60.8 Å². The number of carbonyl (C=O) groups excluding carboxylic acids is 3. The van der Waals surface area contributed by atoms with Crippen LogP contribution in [0, 0.1) is 0 Å². The lowest BCUT2D eigenvalue weighted by Gasteiger charge is -2.34. The lowest BCUT2D eigenvalue weighted by atomic mass is 9.81. The number of benzene rings is 1. The minimum absolute atomic E-state index is 0.0519. The number of ether oxygens (including phenoxy) is 2. The Balaban J connectivity index is 1.23. The van der Waals surface area contributed by atoms with Crippen LogP contribution in [0.15, 0.2) is 60.8 Å². The normalized spacial score (nSPS) is 20.5. The number of likely N-dealkylation sites (N-methyl/N-ethyl adjacent to an activating group) is 2. The van der Waals surface area contributed by atoms with Gasteiger partial charge in [-0.1, -0.05) is 45.0 Å². The summed E-state index contributed by atoms with van der Waals surface area (Å²) in [6.07, 6.45) is 5.33. The van der Waals surface area contributed by atoms with Crippen molar-refractivity contribution in [2.24, 2.45) is 0 Å². The summed E-state index contributed by atoms with van der Waals surface area (Å²) in [5, 5.41) is 17.1. The van der Waals surface area contributed by atoms with Crippen molar-refractivity contribution in [1.82, 2.24) is 45.0 Å². The molecule has 0 spiro atoms. The second kappa shape index (κ2) is 14.5. The van der Waals surface area contributed by atoms with Gasteiger partial charge in [-0.15, -0.1) is 10.2 Å². The highest BCUT2D eigenvalue weighted by Gasteiger charge is 2.38. The molecule has 3 N–H and O–H groups in total. The van der Waals surface area contributed by atoms with Gasteiger partial charge < -0.3 is 25.0 Å². The van der Waals surface area contributed by atoms with Crippen LogP contribution >= 0.6 is 0 Å². The number of urea groups is 1. The maximum Gasteiger partial charge on any atom is 0.321 e. The largest absolute Gasteiger partial charge is 0.480 e. The Bertz CT molecular complexity index is 1950. The highest BCUT2D eigenvalue weighted by atomic mass is 16.5. The molecule has 4 heterocycles. The first-order valence-corrected chi connectivity index (χ1v) is 16.8. The number of anilines is 1. The molecule has 1 aliphatic carbocycles. The van der Waals surface area contributed by atoms with Crippen LogP contribution in [-0.2, 0) is 20.5 Å². The van der Waals surface area contributed by atoms with Crippen LogP contribution in [0.5, 0.6) is 5.75 Å². The Morgan fingerprint density at radius 2 is 1.94 bits per heavy atom. The van der Waals surface area contributed by atoms with E-state index in [1.807, 2.05) is 81.7 Å². The van der Waals surface area contributed by atoms with E-state index in [2.05, 4.69) is 41.0 Å². The van der Waals surface area contributed by atoms with Gasteiger partial charge in [0, 0.05) is 36.7 Å².